The van der Waals surface area contributed by atoms with Crippen molar-refractivity contribution in [2.45, 2.75) is 19.5 Å². The van der Waals surface area contributed by atoms with E-state index in [0.717, 1.165) is 25.1 Å². The smallest absolute Gasteiger partial charge is 0.420 e. The van der Waals surface area contributed by atoms with Gasteiger partial charge in [0.05, 0.1) is 17.2 Å². The summed E-state index contributed by atoms with van der Waals surface area (Å²) >= 11 is 0. The highest BCUT2D eigenvalue weighted by atomic mass is 19.4. The fourth-order valence-electron chi connectivity index (χ4n) is 1.62. The highest BCUT2D eigenvalue weighted by Gasteiger charge is 2.34. The lowest BCUT2D eigenvalue weighted by Gasteiger charge is -2.15. The molecule has 0 aliphatic heterocycles. The quantitative estimate of drug-likeness (QED) is 0.619. The number of hydrogen-bond donors (Lipinski definition) is 1. The van der Waals surface area contributed by atoms with Gasteiger partial charge in [0.2, 0.25) is 0 Å². The van der Waals surface area contributed by atoms with Crippen molar-refractivity contribution in [2.24, 2.45) is 0 Å². The summed E-state index contributed by atoms with van der Waals surface area (Å²) in [4.78, 5) is 0. The number of hydrogen-bond acceptors (Lipinski definition) is 3. The molecule has 114 valence electrons. The van der Waals surface area contributed by atoms with Crippen LogP contribution in [0.5, 0.6) is 5.75 Å². The van der Waals surface area contributed by atoms with Crippen LogP contribution in [0.2, 0.25) is 0 Å². The highest BCUT2D eigenvalue weighted by molar-refractivity contribution is 5.43. The molecule has 0 radical (unpaired) electrons. The summed E-state index contributed by atoms with van der Waals surface area (Å²) in [6.45, 7) is 7.05. The maximum atomic E-state index is 12.9. The van der Waals surface area contributed by atoms with E-state index in [-0.39, 0.29) is 17.9 Å². The van der Waals surface area contributed by atoms with Crippen molar-refractivity contribution in [1.29, 1.82) is 5.26 Å². The Morgan fingerprint density at radius 3 is 2.71 bits per heavy atom. The largest absolute Gasteiger partial charge is 0.489 e. The zero-order valence-corrected chi connectivity index (χ0v) is 11.8. The first kappa shape index (κ1) is 17.1. The Bertz CT molecular complexity index is 533. The maximum absolute atomic E-state index is 12.9. The van der Waals surface area contributed by atoms with Gasteiger partial charge in [0.25, 0.3) is 0 Å². The fourth-order valence-corrected chi connectivity index (χ4v) is 1.62. The summed E-state index contributed by atoms with van der Waals surface area (Å²) in [5, 5.41) is 11.8. The Kier molecular flexibility index (Phi) is 6.25. The van der Waals surface area contributed by atoms with E-state index < -0.39 is 11.7 Å². The summed E-state index contributed by atoms with van der Waals surface area (Å²) in [7, 11) is 0. The summed E-state index contributed by atoms with van der Waals surface area (Å²) in [5.41, 5.74) is -0.352. The zero-order valence-electron chi connectivity index (χ0n) is 11.8. The summed E-state index contributed by atoms with van der Waals surface area (Å²) in [5.74, 6) is -0.293. The number of benzene rings is 1. The molecule has 0 aliphatic rings. The molecule has 0 saturated carbocycles. The highest BCUT2D eigenvalue weighted by Crippen LogP contribution is 2.36. The average molecular weight is 298 g/mol. The van der Waals surface area contributed by atoms with Crippen LogP contribution >= 0.6 is 0 Å². The number of alkyl halides is 3. The van der Waals surface area contributed by atoms with Gasteiger partial charge in [-0.05, 0) is 36.7 Å². The normalized spacial score (nSPS) is 11.0. The van der Waals surface area contributed by atoms with E-state index >= 15 is 0 Å². The predicted octanol–water partition coefficient (Wildman–Crippen LogP) is 3.51. The van der Waals surface area contributed by atoms with Crippen molar-refractivity contribution in [2.75, 3.05) is 19.7 Å². The van der Waals surface area contributed by atoms with Crippen molar-refractivity contribution in [1.82, 2.24) is 5.32 Å². The fraction of sp³-hybridized carbons (Fsp3) is 0.400. The van der Waals surface area contributed by atoms with Crippen LogP contribution in [0.25, 0.3) is 0 Å². The van der Waals surface area contributed by atoms with Crippen LogP contribution in [0.4, 0.5) is 13.2 Å². The van der Waals surface area contributed by atoms with E-state index in [1.165, 1.54) is 6.07 Å². The van der Waals surface area contributed by atoms with Crippen molar-refractivity contribution in [3.05, 3.63) is 41.5 Å². The van der Waals surface area contributed by atoms with Gasteiger partial charge in [0.15, 0.2) is 0 Å². The van der Waals surface area contributed by atoms with Gasteiger partial charge in [-0.2, -0.15) is 18.4 Å². The lowest BCUT2D eigenvalue weighted by atomic mass is 10.1. The third-order valence-corrected chi connectivity index (χ3v) is 2.65. The molecule has 0 unspecified atom stereocenters. The lowest BCUT2D eigenvalue weighted by molar-refractivity contribution is -0.138. The van der Waals surface area contributed by atoms with Gasteiger partial charge in [0.1, 0.15) is 12.4 Å². The minimum Gasteiger partial charge on any atom is -0.489 e. The first-order valence-electron chi connectivity index (χ1n) is 6.50. The van der Waals surface area contributed by atoms with Gasteiger partial charge < -0.3 is 10.1 Å². The van der Waals surface area contributed by atoms with Gasteiger partial charge in [-0.25, -0.2) is 0 Å². The number of nitrogens with zero attached hydrogens (tertiary/aromatic N) is 1. The topological polar surface area (TPSA) is 45.0 Å². The summed E-state index contributed by atoms with van der Waals surface area (Å²) in [6.07, 6.45) is -3.61. The number of ether oxygens (including phenoxy) is 1. The number of nitriles is 1. The van der Waals surface area contributed by atoms with Crippen LogP contribution in [-0.4, -0.2) is 19.7 Å². The van der Waals surface area contributed by atoms with Crippen LogP contribution in [-0.2, 0) is 6.18 Å². The van der Waals surface area contributed by atoms with Crippen molar-refractivity contribution in [3.8, 4) is 11.8 Å². The van der Waals surface area contributed by atoms with E-state index in [4.69, 9.17) is 10.00 Å². The molecule has 0 atom stereocenters. The van der Waals surface area contributed by atoms with Crippen molar-refractivity contribution >= 4 is 0 Å². The van der Waals surface area contributed by atoms with Crippen LogP contribution < -0.4 is 10.1 Å². The molecule has 0 spiro atoms. The Morgan fingerprint density at radius 1 is 1.43 bits per heavy atom. The molecule has 0 amide bonds. The van der Waals surface area contributed by atoms with Gasteiger partial charge in [0, 0.05) is 6.54 Å². The van der Waals surface area contributed by atoms with Gasteiger partial charge >= 0.3 is 6.18 Å². The third-order valence-electron chi connectivity index (χ3n) is 2.65. The SMILES string of the molecule is C=C(CNCCC)COc1ccc(C#N)cc1C(F)(F)F. The summed E-state index contributed by atoms with van der Waals surface area (Å²) < 4.78 is 43.9. The first-order valence-corrected chi connectivity index (χ1v) is 6.50. The third kappa shape index (κ3) is 5.48. The van der Waals surface area contributed by atoms with E-state index in [1.54, 1.807) is 6.07 Å². The molecule has 0 heterocycles. The van der Waals surface area contributed by atoms with E-state index in [2.05, 4.69) is 11.9 Å². The minimum atomic E-state index is -4.57. The molecule has 3 nitrogen and oxygen atoms in total. The van der Waals surface area contributed by atoms with Gasteiger partial charge in [-0.3, -0.25) is 0 Å². The van der Waals surface area contributed by atoms with Crippen molar-refractivity contribution < 1.29 is 17.9 Å². The Labute approximate surface area is 122 Å². The second-order valence-corrected chi connectivity index (χ2v) is 4.54. The van der Waals surface area contributed by atoms with E-state index in [9.17, 15) is 13.2 Å². The second-order valence-electron chi connectivity index (χ2n) is 4.54. The molecule has 1 aromatic carbocycles. The second kappa shape index (κ2) is 7.70. The van der Waals surface area contributed by atoms with Crippen LogP contribution in [0, 0.1) is 11.3 Å². The number of nitrogens with one attached hydrogen (secondary N) is 1. The van der Waals surface area contributed by atoms with Gasteiger partial charge in [-0.15, -0.1) is 0 Å². The molecular formula is C15H17F3N2O. The molecule has 0 saturated heterocycles. The zero-order chi connectivity index (χ0) is 15.9. The molecule has 1 aromatic rings. The Hall–Kier alpha value is -2.00. The molecule has 21 heavy (non-hydrogen) atoms. The molecule has 0 aliphatic carbocycles. The van der Waals surface area contributed by atoms with Crippen LogP contribution in [0.1, 0.15) is 24.5 Å². The van der Waals surface area contributed by atoms with Crippen molar-refractivity contribution in [3.63, 3.8) is 0 Å². The lowest BCUT2D eigenvalue weighted by Crippen LogP contribution is -2.20. The molecular weight excluding hydrogens is 281 g/mol. The first-order chi connectivity index (χ1) is 9.88. The Morgan fingerprint density at radius 2 is 2.14 bits per heavy atom. The van der Waals surface area contributed by atoms with Crippen LogP contribution in [0.3, 0.4) is 0 Å². The van der Waals surface area contributed by atoms with Gasteiger partial charge in [-0.1, -0.05) is 13.5 Å². The molecule has 6 heteroatoms. The monoisotopic (exact) mass is 298 g/mol. The maximum Gasteiger partial charge on any atom is 0.420 e. The standard InChI is InChI=1S/C15H17F3N2O/c1-3-6-20-9-11(2)10-21-14-5-4-12(8-19)7-13(14)15(16,17)18/h4-5,7,20H,2-3,6,9-10H2,1H3. The molecule has 0 bridgehead atoms. The predicted molar refractivity (Wildman–Crippen MR) is 74.0 cm³/mol. The van der Waals surface area contributed by atoms with Crippen LogP contribution in [0.15, 0.2) is 30.4 Å². The molecule has 0 fully saturated rings. The number of rotatable bonds is 7. The molecule has 1 rings (SSSR count). The summed E-state index contributed by atoms with van der Waals surface area (Å²) in [6, 6.07) is 4.92. The van der Waals surface area contributed by atoms with E-state index in [0.29, 0.717) is 12.1 Å². The molecule has 0 aromatic heterocycles. The molecule has 1 N–H and O–H groups in total. The van der Waals surface area contributed by atoms with E-state index in [1.807, 2.05) is 6.92 Å². The average Bonchev–Trinajstić information content (AvgIpc) is 2.44. The Balaban J connectivity index is 2.75. The minimum absolute atomic E-state index is 0.00824. The number of halogens is 3.